The molecule has 0 aliphatic rings. The molecule has 1 amide bonds. The number of amides is 1. The van der Waals surface area contributed by atoms with Gasteiger partial charge in [-0.3, -0.25) is 4.79 Å². The van der Waals surface area contributed by atoms with E-state index in [-0.39, 0.29) is 18.6 Å². The molecular formula is C17H21NO4. The first-order chi connectivity index (χ1) is 10.5. The average molecular weight is 303 g/mol. The van der Waals surface area contributed by atoms with E-state index in [9.17, 15) is 9.90 Å². The van der Waals surface area contributed by atoms with Crippen molar-refractivity contribution in [3.05, 3.63) is 54.0 Å². The van der Waals surface area contributed by atoms with Crippen LogP contribution in [-0.2, 0) is 4.79 Å². The molecule has 2 unspecified atom stereocenters. The highest BCUT2D eigenvalue weighted by atomic mass is 16.5. The fourth-order valence-electron chi connectivity index (χ4n) is 2.09. The van der Waals surface area contributed by atoms with Gasteiger partial charge in [-0.2, -0.15) is 0 Å². The largest absolute Gasteiger partial charge is 0.484 e. The summed E-state index contributed by atoms with van der Waals surface area (Å²) in [7, 11) is 0. The van der Waals surface area contributed by atoms with Gasteiger partial charge in [0, 0.05) is 12.5 Å². The summed E-state index contributed by atoms with van der Waals surface area (Å²) in [5.41, 5.74) is 1.14. The van der Waals surface area contributed by atoms with Gasteiger partial charge in [-0.15, -0.1) is 0 Å². The molecule has 118 valence electrons. The van der Waals surface area contributed by atoms with Crippen LogP contribution in [0.4, 0.5) is 0 Å². The predicted molar refractivity (Wildman–Crippen MR) is 82.6 cm³/mol. The third kappa shape index (κ3) is 4.93. The number of hydrogen-bond donors (Lipinski definition) is 2. The molecule has 0 spiro atoms. The lowest BCUT2D eigenvalue weighted by Gasteiger charge is -2.17. The lowest BCUT2D eigenvalue weighted by atomic mass is 10.1. The van der Waals surface area contributed by atoms with E-state index >= 15 is 0 Å². The van der Waals surface area contributed by atoms with Gasteiger partial charge < -0.3 is 19.6 Å². The van der Waals surface area contributed by atoms with Crippen molar-refractivity contribution in [3.63, 3.8) is 0 Å². The second-order valence-corrected chi connectivity index (χ2v) is 5.34. The molecule has 5 nitrogen and oxygen atoms in total. The molecule has 5 heteroatoms. The fourth-order valence-corrected chi connectivity index (χ4v) is 2.09. The van der Waals surface area contributed by atoms with Gasteiger partial charge in [0.2, 0.25) is 0 Å². The fraction of sp³-hybridized carbons (Fsp3) is 0.353. The van der Waals surface area contributed by atoms with E-state index in [1.54, 1.807) is 12.1 Å². The van der Waals surface area contributed by atoms with Gasteiger partial charge in [-0.25, -0.2) is 0 Å². The Kier molecular flexibility index (Phi) is 5.61. The van der Waals surface area contributed by atoms with Crippen LogP contribution in [0.2, 0.25) is 0 Å². The molecule has 2 rings (SSSR count). The van der Waals surface area contributed by atoms with Crippen LogP contribution in [0.3, 0.4) is 0 Å². The molecule has 0 saturated heterocycles. The van der Waals surface area contributed by atoms with Gasteiger partial charge in [0.1, 0.15) is 17.6 Å². The lowest BCUT2D eigenvalue weighted by molar-refractivity contribution is -0.123. The Morgan fingerprint density at radius 1 is 1.32 bits per heavy atom. The van der Waals surface area contributed by atoms with Gasteiger partial charge in [0.05, 0.1) is 6.26 Å². The van der Waals surface area contributed by atoms with Gasteiger partial charge in [0.25, 0.3) is 5.91 Å². The molecule has 1 aromatic heterocycles. The Bertz CT molecular complexity index is 577. The van der Waals surface area contributed by atoms with Gasteiger partial charge in [-0.05, 0) is 38.1 Å². The number of furan rings is 1. The van der Waals surface area contributed by atoms with Crippen LogP contribution in [-0.4, -0.2) is 23.7 Å². The van der Waals surface area contributed by atoms with E-state index in [0.29, 0.717) is 17.9 Å². The normalized spacial score (nSPS) is 13.4. The van der Waals surface area contributed by atoms with Crippen molar-refractivity contribution in [3.8, 4) is 5.75 Å². The summed E-state index contributed by atoms with van der Waals surface area (Å²) < 4.78 is 10.5. The van der Waals surface area contributed by atoms with Crippen molar-refractivity contribution in [1.29, 1.82) is 0 Å². The van der Waals surface area contributed by atoms with E-state index in [4.69, 9.17) is 9.15 Å². The molecule has 0 bridgehead atoms. The third-order valence-corrected chi connectivity index (χ3v) is 3.25. The number of hydrogen-bond acceptors (Lipinski definition) is 4. The van der Waals surface area contributed by atoms with E-state index in [2.05, 4.69) is 5.32 Å². The number of aryl methyl sites for hydroxylation is 1. The van der Waals surface area contributed by atoms with Crippen LogP contribution < -0.4 is 10.1 Å². The molecule has 1 heterocycles. The van der Waals surface area contributed by atoms with Gasteiger partial charge in [0.15, 0.2) is 6.61 Å². The molecule has 0 fully saturated rings. The summed E-state index contributed by atoms with van der Waals surface area (Å²) in [5.74, 6) is 0.931. The first-order valence-corrected chi connectivity index (χ1v) is 7.25. The number of aliphatic hydroxyl groups excluding tert-OH is 1. The van der Waals surface area contributed by atoms with Crippen molar-refractivity contribution in [2.45, 2.75) is 32.4 Å². The molecular weight excluding hydrogens is 282 g/mol. The minimum absolute atomic E-state index is 0.0513. The number of carbonyl (C=O) groups excluding carboxylic acids is 1. The molecule has 2 N–H and O–H groups in total. The number of rotatable bonds is 7. The molecule has 0 saturated carbocycles. The van der Waals surface area contributed by atoms with Crippen molar-refractivity contribution >= 4 is 5.91 Å². The minimum Gasteiger partial charge on any atom is -0.484 e. The highest BCUT2D eigenvalue weighted by Crippen LogP contribution is 2.18. The highest BCUT2D eigenvalue weighted by Gasteiger charge is 2.16. The molecule has 2 aromatic rings. The summed E-state index contributed by atoms with van der Waals surface area (Å²) in [5, 5.41) is 12.7. The molecule has 0 aliphatic carbocycles. The van der Waals surface area contributed by atoms with Gasteiger partial charge in [-0.1, -0.05) is 17.7 Å². The maximum absolute atomic E-state index is 11.8. The third-order valence-electron chi connectivity index (χ3n) is 3.25. The Morgan fingerprint density at radius 2 is 2.05 bits per heavy atom. The van der Waals surface area contributed by atoms with Crippen molar-refractivity contribution in [2.24, 2.45) is 0 Å². The number of aliphatic hydroxyl groups is 1. The van der Waals surface area contributed by atoms with Crippen molar-refractivity contribution in [1.82, 2.24) is 5.32 Å². The number of nitrogens with one attached hydrogen (secondary N) is 1. The Balaban J connectivity index is 1.73. The van der Waals surface area contributed by atoms with Crippen molar-refractivity contribution < 1.29 is 19.1 Å². The van der Waals surface area contributed by atoms with Crippen molar-refractivity contribution in [2.75, 3.05) is 6.61 Å². The van der Waals surface area contributed by atoms with Crippen LogP contribution in [0.15, 0.2) is 47.1 Å². The zero-order valence-corrected chi connectivity index (χ0v) is 12.8. The Hall–Kier alpha value is -2.27. The maximum Gasteiger partial charge on any atom is 0.258 e. The Labute approximate surface area is 129 Å². The molecule has 0 aliphatic heterocycles. The van der Waals surface area contributed by atoms with Crippen LogP contribution in [0.5, 0.6) is 5.75 Å². The topological polar surface area (TPSA) is 71.7 Å². The zero-order valence-electron chi connectivity index (χ0n) is 12.8. The van der Waals surface area contributed by atoms with E-state index in [1.165, 1.54) is 6.26 Å². The summed E-state index contributed by atoms with van der Waals surface area (Å²) in [6, 6.07) is 10.7. The lowest BCUT2D eigenvalue weighted by Crippen LogP contribution is -2.37. The predicted octanol–water partition coefficient (Wildman–Crippen LogP) is 2.60. The smallest absolute Gasteiger partial charge is 0.258 e. The van der Waals surface area contributed by atoms with Crippen LogP contribution in [0, 0.1) is 6.92 Å². The van der Waals surface area contributed by atoms with Crippen LogP contribution in [0.1, 0.15) is 30.8 Å². The summed E-state index contributed by atoms with van der Waals surface area (Å²) in [4.78, 5) is 11.8. The summed E-state index contributed by atoms with van der Waals surface area (Å²) >= 11 is 0. The Morgan fingerprint density at radius 3 is 2.68 bits per heavy atom. The zero-order chi connectivity index (χ0) is 15.9. The maximum atomic E-state index is 11.8. The molecule has 1 aromatic carbocycles. The van der Waals surface area contributed by atoms with Crippen LogP contribution >= 0.6 is 0 Å². The second-order valence-electron chi connectivity index (χ2n) is 5.34. The van der Waals surface area contributed by atoms with E-state index in [0.717, 1.165) is 5.56 Å². The molecule has 2 atom stereocenters. The second kappa shape index (κ2) is 7.66. The quantitative estimate of drug-likeness (QED) is 0.824. The van der Waals surface area contributed by atoms with Gasteiger partial charge >= 0.3 is 0 Å². The number of ether oxygens (including phenoxy) is 1. The average Bonchev–Trinajstić information content (AvgIpc) is 3.01. The monoisotopic (exact) mass is 303 g/mol. The SMILES string of the molecule is Cc1ccc(OCC(=O)NC(C)CC(O)c2ccco2)cc1. The summed E-state index contributed by atoms with van der Waals surface area (Å²) in [6.07, 6.45) is 1.16. The summed E-state index contributed by atoms with van der Waals surface area (Å²) in [6.45, 7) is 3.77. The molecule has 0 radical (unpaired) electrons. The van der Waals surface area contributed by atoms with Crippen LogP contribution in [0.25, 0.3) is 0 Å². The first kappa shape index (κ1) is 16.1. The first-order valence-electron chi connectivity index (χ1n) is 7.25. The highest BCUT2D eigenvalue weighted by molar-refractivity contribution is 5.77. The number of benzene rings is 1. The van der Waals surface area contributed by atoms with E-state index < -0.39 is 6.10 Å². The van der Waals surface area contributed by atoms with E-state index in [1.807, 2.05) is 38.1 Å². The molecule has 22 heavy (non-hydrogen) atoms. The minimum atomic E-state index is -0.733. The standard InChI is InChI=1S/C17H21NO4/c1-12-5-7-14(8-6-12)22-11-17(20)18-13(2)10-15(19)16-4-3-9-21-16/h3-9,13,15,19H,10-11H2,1-2H3,(H,18,20). The number of carbonyl (C=O) groups is 1.